The lowest BCUT2D eigenvalue weighted by Crippen LogP contribution is -1.94. The predicted molar refractivity (Wildman–Crippen MR) is 64.5 cm³/mol. The van der Waals surface area contributed by atoms with Crippen molar-refractivity contribution < 1.29 is 0 Å². The van der Waals surface area contributed by atoms with Gasteiger partial charge >= 0.3 is 0 Å². The third-order valence-corrected chi connectivity index (χ3v) is 2.84. The number of rotatable bonds is 4. The summed E-state index contributed by atoms with van der Waals surface area (Å²) >= 11 is 1.85. The van der Waals surface area contributed by atoms with Gasteiger partial charge in [-0.25, -0.2) is 0 Å². The first-order valence-corrected chi connectivity index (χ1v) is 5.76. The molecule has 1 rings (SSSR count). The number of nitrogens with two attached hydrogens (primary N) is 1. The van der Waals surface area contributed by atoms with E-state index >= 15 is 0 Å². The normalized spacial score (nSPS) is 9.93. The molecule has 0 amide bonds. The zero-order chi connectivity index (χ0) is 10.4. The molecule has 0 unspecified atom stereocenters. The van der Waals surface area contributed by atoms with E-state index in [4.69, 9.17) is 5.73 Å². The third-order valence-electron chi connectivity index (χ3n) is 1.90. The highest BCUT2D eigenvalue weighted by Crippen LogP contribution is 2.18. The van der Waals surface area contributed by atoms with Crippen LogP contribution in [0.1, 0.15) is 19.4 Å². The summed E-state index contributed by atoms with van der Waals surface area (Å²) in [7, 11) is 0. The minimum Gasteiger partial charge on any atom is -0.326 e. The Kier molecular flexibility index (Phi) is 4.77. The van der Waals surface area contributed by atoms with E-state index in [-0.39, 0.29) is 0 Å². The first-order chi connectivity index (χ1) is 6.72. The van der Waals surface area contributed by atoms with E-state index in [0.29, 0.717) is 6.54 Å². The van der Waals surface area contributed by atoms with Crippen LogP contribution >= 0.6 is 11.8 Å². The van der Waals surface area contributed by atoms with Gasteiger partial charge < -0.3 is 5.73 Å². The molecule has 0 heterocycles. The molecule has 0 aromatic heterocycles. The molecule has 0 aliphatic carbocycles. The van der Waals surface area contributed by atoms with Gasteiger partial charge in [-0.2, -0.15) is 0 Å². The summed E-state index contributed by atoms with van der Waals surface area (Å²) in [6.07, 6.45) is 2.24. The van der Waals surface area contributed by atoms with Crippen LogP contribution in [-0.2, 0) is 6.54 Å². The predicted octanol–water partition coefficient (Wildman–Crippen LogP) is 3.20. The second-order valence-corrected chi connectivity index (χ2v) is 4.53. The highest BCUT2D eigenvalue weighted by molar-refractivity contribution is 7.99. The minimum absolute atomic E-state index is 0.624. The molecule has 0 bridgehead atoms. The molecule has 0 radical (unpaired) electrons. The van der Waals surface area contributed by atoms with Gasteiger partial charge in [-0.15, -0.1) is 11.8 Å². The summed E-state index contributed by atoms with van der Waals surface area (Å²) in [5, 5.41) is 0. The molecule has 14 heavy (non-hydrogen) atoms. The van der Waals surface area contributed by atoms with Crippen LogP contribution < -0.4 is 5.73 Å². The minimum atomic E-state index is 0.624. The SMILES string of the molecule is CC(C)=CCSc1ccc(CN)cc1. The lowest BCUT2D eigenvalue weighted by Gasteiger charge is -2.00. The molecule has 0 aliphatic rings. The topological polar surface area (TPSA) is 26.0 Å². The molecular formula is C12H17NS. The summed E-state index contributed by atoms with van der Waals surface area (Å²) in [4.78, 5) is 1.31. The molecule has 1 nitrogen and oxygen atoms in total. The Morgan fingerprint density at radius 1 is 1.29 bits per heavy atom. The van der Waals surface area contributed by atoms with Crippen molar-refractivity contribution in [3.05, 3.63) is 41.5 Å². The maximum Gasteiger partial charge on any atom is 0.0178 e. The van der Waals surface area contributed by atoms with Gasteiger partial charge in [-0.1, -0.05) is 23.8 Å². The van der Waals surface area contributed by atoms with Crippen LogP contribution in [0.2, 0.25) is 0 Å². The van der Waals surface area contributed by atoms with E-state index in [9.17, 15) is 0 Å². The summed E-state index contributed by atoms with van der Waals surface area (Å²) < 4.78 is 0. The Labute approximate surface area is 90.4 Å². The first kappa shape index (κ1) is 11.3. The Balaban J connectivity index is 2.48. The van der Waals surface area contributed by atoms with Crippen LogP contribution in [0.15, 0.2) is 40.8 Å². The molecule has 76 valence electrons. The molecule has 0 aliphatic heterocycles. The van der Waals surface area contributed by atoms with Crippen LogP contribution in [0.25, 0.3) is 0 Å². The van der Waals surface area contributed by atoms with E-state index in [1.165, 1.54) is 16.0 Å². The highest BCUT2D eigenvalue weighted by Gasteiger charge is 1.92. The fourth-order valence-electron chi connectivity index (χ4n) is 1.03. The average molecular weight is 207 g/mol. The largest absolute Gasteiger partial charge is 0.326 e. The molecular weight excluding hydrogens is 190 g/mol. The van der Waals surface area contributed by atoms with Crippen LogP contribution in [0.3, 0.4) is 0 Å². The molecule has 2 heteroatoms. The van der Waals surface area contributed by atoms with Gasteiger partial charge in [0.15, 0.2) is 0 Å². The lowest BCUT2D eigenvalue weighted by atomic mass is 10.2. The second-order valence-electron chi connectivity index (χ2n) is 3.44. The monoisotopic (exact) mass is 207 g/mol. The van der Waals surface area contributed by atoms with Crippen molar-refractivity contribution >= 4 is 11.8 Å². The summed E-state index contributed by atoms with van der Waals surface area (Å²) in [6.45, 7) is 4.87. The number of hydrogen-bond donors (Lipinski definition) is 1. The molecule has 0 saturated carbocycles. The molecule has 0 spiro atoms. The fourth-order valence-corrected chi connectivity index (χ4v) is 1.96. The zero-order valence-corrected chi connectivity index (χ0v) is 9.60. The maximum absolute atomic E-state index is 5.52. The van der Waals surface area contributed by atoms with E-state index in [1.807, 2.05) is 11.8 Å². The number of hydrogen-bond acceptors (Lipinski definition) is 2. The standard InChI is InChI=1S/C12H17NS/c1-10(2)7-8-14-12-5-3-11(9-13)4-6-12/h3-7H,8-9,13H2,1-2H3. The Morgan fingerprint density at radius 2 is 1.93 bits per heavy atom. The summed E-state index contributed by atoms with van der Waals surface area (Å²) in [6, 6.07) is 8.44. The van der Waals surface area contributed by atoms with Gasteiger partial charge in [0.2, 0.25) is 0 Å². The van der Waals surface area contributed by atoms with Gasteiger partial charge in [-0.05, 0) is 31.5 Å². The van der Waals surface area contributed by atoms with Crippen LogP contribution in [-0.4, -0.2) is 5.75 Å². The van der Waals surface area contributed by atoms with Crippen LogP contribution in [0.5, 0.6) is 0 Å². The Morgan fingerprint density at radius 3 is 2.43 bits per heavy atom. The lowest BCUT2D eigenvalue weighted by molar-refractivity contribution is 1.07. The quantitative estimate of drug-likeness (QED) is 0.606. The van der Waals surface area contributed by atoms with Crippen molar-refractivity contribution in [1.82, 2.24) is 0 Å². The number of benzene rings is 1. The molecule has 2 N–H and O–H groups in total. The highest BCUT2D eigenvalue weighted by atomic mass is 32.2. The molecule has 1 aromatic rings. The Bertz CT molecular complexity index is 297. The van der Waals surface area contributed by atoms with Crippen LogP contribution in [0.4, 0.5) is 0 Å². The third kappa shape index (κ3) is 3.99. The summed E-state index contributed by atoms with van der Waals surface area (Å²) in [5.74, 6) is 1.05. The molecule has 0 saturated heterocycles. The van der Waals surface area contributed by atoms with E-state index in [2.05, 4.69) is 44.2 Å². The molecule has 1 aromatic carbocycles. The van der Waals surface area contributed by atoms with Gasteiger partial charge in [0, 0.05) is 17.2 Å². The Hall–Kier alpha value is -0.730. The van der Waals surface area contributed by atoms with Gasteiger partial charge in [-0.3, -0.25) is 0 Å². The summed E-state index contributed by atoms with van der Waals surface area (Å²) in [5.41, 5.74) is 8.09. The first-order valence-electron chi connectivity index (χ1n) is 4.77. The van der Waals surface area contributed by atoms with E-state index in [0.717, 1.165) is 5.75 Å². The van der Waals surface area contributed by atoms with Crippen molar-refractivity contribution in [2.24, 2.45) is 5.73 Å². The van der Waals surface area contributed by atoms with Crippen molar-refractivity contribution in [3.8, 4) is 0 Å². The average Bonchev–Trinajstić information content (AvgIpc) is 2.18. The fraction of sp³-hybridized carbons (Fsp3) is 0.333. The van der Waals surface area contributed by atoms with Crippen molar-refractivity contribution in [1.29, 1.82) is 0 Å². The van der Waals surface area contributed by atoms with Crippen molar-refractivity contribution in [2.45, 2.75) is 25.3 Å². The van der Waals surface area contributed by atoms with Crippen molar-refractivity contribution in [3.63, 3.8) is 0 Å². The van der Waals surface area contributed by atoms with Gasteiger partial charge in [0.25, 0.3) is 0 Å². The van der Waals surface area contributed by atoms with E-state index < -0.39 is 0 Å². The van der Waals surface area contributed by atoms with E-state index in [1.54, 1.807) is 0 Å². The smallest absolute Gasteiger partial charge is 0.0178 e. The van der Waals surface area contributed by atoms with Gasteiger partial charge in [0.05, 0.1) is 0 Å². The van der Waals surface area contributed by atoms with Gasteiger partial charge in [0.1, 0.15) is 0 Å². The number of allylic oxidation sites excluding steroid dienone is 1. The van der Waals surface area contributed by atoms with Crippen LogP contribution in [0, 0.1) is 0 Å². The molecule has 0 fully saturated rings. The molecule has 0 atom stereocenters. The number of thioether (sulfide) groups is 1. The zero-order valence-electron chi connectivity index (χ0n) is 8.79. The van der Waals surface area contributed by atoms with Crippen molar-refractivity contribution in [2.75, 3.05) is 5.75 Å². The maximum atomic E-state index is 5.52. The second kappa shape index (κ2) is 5.89.